The molecule has 7 rings (SSSR count). The van der Waals surface area contributed by atoms with Crippen LogP contribution in [0.25, 0.3) is 0 Å². The number of likely N-dealkylation sites (tertiary alicyclic amines) is 2. The number of nitrogens with zero attached hydrogens (tertiary/aromatic N) is 5. The summed E-state index contributed by atoms with van der Waals surface area (Å²) in [6, 6.07) is 9.86. The Kier molecular flexibility index (Phi) is 12.4. The second kappa shape index (κ2) is 17.1. The van der Waals surface area contributed by atoms with Gasteiger partial charge < -0.3 is 24.6 Å². The van der Waals surface area contributed by atoms with E-state index in [2.05, 4.69) is 67.7 Å². The van der Waals surface area contributed by atoms with Gasteiger partial charge in [0.15, 0.2) is 0 Å². The molecule has 3 atom stereocenters. The van der Waals surface area contributed by atoms with Gasteiger partial charge in [0.2, 0.25) is 17.7 Å². The molecule has 0 radical (unpaired) electrons. The Morgan fingerprint density at radius 2 is 1.84 bits per heavy atom. The monoisotopic (exact) mass is 855 g/mol. The number of hydrogen-bond acceptors (Lipinski definition) is 10. The van der Waals surface area contributed by atoms with Crippen molar-refractivity contribution >= 4 is 35.2 Å². The molecule has 2 aromatic rings. The second-order valence-electron chi connectivity index (χ2n) is 18.5. The number of carbonyl (C=O) groups excluding carboxylic acids is 4. The average molecular weight is 856 g/mol. The molecule has 0 bridgehead atoms. The number of rotatable bonds is 12. The molecular formula is C46H55ClFN7O6. The number of benzene rings is 1. The van der Waals surface area contributed by atoms with Crippen LogP contribution in [0.15, 0.2) is 42.5 Å². The van der Waals surface area contributed by atoms with Gasteiger partial charge >= 0.3 is 0 Å². The van der Waals surface area contributed by atoms with Gasteiger partial charge in [0.25, 0.3) is 5.91 Å². The number of imide groups is 1. The van der Waals surface area contributed by atoms with E-state index in [4.69, 9.17) is 26.1 Å². The first-order chi connectivity index (χ1) is 28.9. The first-order valence-corrected chi connectivity index (χ1v) is 21.4. The normalized spacial score (nSPS) is 25.4. The summed E-state index contributed by atoms with van der Waals surface area (Å²) < 4.78 is 26.3. The highest BCUT2D eigenvalue weighted by Gasteiger charge is 2.67. The SMILES string of the molecule is C=C(C(=O)NC1CCC(=O)NC1=O)[C@](C)(C(CF)OC)N1CC(CN2CCC(C#Cc3ccc4c(n3)CN(C3C(C)(C)C(Oc5ccc(C#N)c(Cl)c5)C3(C)C)C4=O)CC2)C1. The lowest BCUT2D eigenvalue weighted by Crippen LogP contribution is -2.74. The van der Waals surface area contributed by atoms with E-state index in [-0.39, 0.29) is 59.1 Å². The summed E-state index contributed by atoms with van der Waals surface area (Å²) in [6.45, 7) is 17.7. The maximum atomic E-state index is 14.3. The first kappa shape index (κ1) is 44.2. The third kappa shape index (κ3) is 8.28. The number of aromatic nitrogens is 1. The van der Waals surface area contributed by atoms with Crippen LogP contribution < -0.4 is 15.4 Å². The van der Waals surface area contributed by atoms with E-state index in [1.54, 1.807) is 25.1 Å². The van der Waals surface area contributed by atoms with E-state index in [1.165, 1.54) is 7.11 Å². The molecule has 0 spiro atoms. The maximum Gasteiger partial charge on any atom is 0.256 e. The standard InChI is InChI=1S/C46H55ClFN7O6/c1-27(39(57)51-35-14-15-38(56)52-40(35)58)46(6,37(21-48)60-7)54-24-29(25-54)23-53-18-16-28(17-19-53)8-10-31-11-13-33-36(50-31)26-55(41(33)59)42-44(2,3)43(45(42,4)5)61-32-12-9-30(22-49)34(47)20-32/h9,11-13,20,28-29,35,37,42-43H,1,14-19,21,23-26H2,2-7H3,(H,51,57)(H,52,56,58)/t35?,37?,42?,43?,46-/m1/s1. The predicted molar refractivity (Wildman–Crippen MR) is 226 cm³/mol. The highest BCUT2D eigenvalue weighted by molar-refractivity contribution is 6.31. The number of amides is 4. The van der Waals surface area contributed by atoms with Gasteiger partial charge in [-0.1, -0.05) is 51.8 Å². The number of piperidine rings is 2. The summed E-state index contributed by atoms with van der Waals surface area (Å²) >= 11 is 6.29. The summed E-state index contributed by atoms with van der Waals surface area (Å²) in [5.74, 6) is 6.29. The van der Waals surface area contributed by atoms with E-state index in [0.717, 1.165) is 38.2 Å². The lowest BCUT2D eigenvalue weighted by molar-refractivity contribution is -0.199. The van der Waals surface area contributed by atoms with Crippen LogP contribution in [-0.4, -0.2) is 120 Å². The zero-order chi connectivity index (χ0) is 44.0. The minimum absolute atomic E-state index is 0.0410. The fraction of sp³-hybridized carbons (Fsp3) is 0.565. The fourth-order valence-corrected chi connectivity index (χ4v) is 10.9. The zero-order valence-electron chi connectivity index (χ0n) is 35.8. The van der Waals surface area contributed by atoms with E-state index >= 15 is 0 Å². The smallest absolute Gasteiger partial charge is 0.256 e. The van der Waals surface area contributed by atoms with Crippen LogP contribution in [0.4, 0.5) is 4.39 Å². The third-order valence-corrected chi connectivity index (χ3v) is 14.1. The second-order valence-corrected chi connectivity index (χ2v) is 18.9. The first-order valence-electron chi connectivity index (χ1n) is 21.0. The van der Waals surface area contributed by atoms with Crippen LogP contribution in [0, 0.1) is 45.8 Å². The molecule has 5 aliphatic rings. The number of pyridine rings is 1. The summed E-state index contributed by atoms with van der Waals surface area (Å²) in [5.41, 5.74) is 0.576. The van der Waals surface area contributed by atoms with Crippen LogP contribution in [0.2, 0.25) is 5.02 Å². The van der Waals surface area contributed by atoms with Crippen molar-refractivity contribution in [3.63, 3.8) is 0 Å². The van der Waals surface area contributed by atoms with Crippen molar-refractivity contribution in [3.8, 4) is 23.7 Å². The fourth-order valence-electron chi connectivity index (χ4n) is 10.7. The zero-order valence-corrected chi connectivity index (χ0v) is 36.5. The molecule has 324 valence electrons. The van der Waals surface area contributed by atoms with Gasteiger partial charge in [-0.3, -0.25) is 29.4 Å². The lowest BCUT2D eigenvalue weighted by Gasteiger charge is -2.65. The number of nitriles is 1. The molecule has 15 heteroatoms. The number of ether oxygens (including phenoxy) is 2. The summed E-state index contributed by atoms with van der Waals surface area (Å²) in [4.78, 5) is 62.2. The number of methoxy groups -OCH3 is 1. The highest BCUT2D eigenvalue weighted by Crippen LogP contribution is 2.59. The molecule has 3 saturated heterocycles. The van der Waals surface area contributed by atoms with Crippen LogP contribution in [-0.2, 0) is 25.7 Å². The lowest BCUT2D eigenvalue weighted by atomic mass is 9.49. The van der Waals surface area contributed by atoms with Gasteiger partial charge in [0.1, 0.15) is 42.4 Å². The Labute approximate surface area is 362 Å². The topological polar surface area (TPSA) is 157 Å². The molecule has 1 aliphatic carbocycles. The van der Waals surface area contributed by atoms with Crippen LogP contribution >= 0.6 is 11.6 Å². The van der Waals surface area contributed by atoms with Crippen molar-refractivity contribution in [2.45, 2.75) is 96.7 Å². The summed E-state index contributed by atoms with van der Waals surface area (Å²) in [7, 11) is 1.41. The maximum absolute atomic E-state index is 14.3. The van der Waals surface area contributed by atoms with E-state index in [9.17, 15) is 28.8 Å². The van der Waals surface area contributed by atoms with Gasteiger partial charge in [-0.25, -0.2) is 9.37 Å². The van der Waals surface area contributed by atoms with E-state index in [0.29, 0.717) is 53.1 Å². The van der Waals surface area contributed by atoms with Crippen molar-refractivity contribution in [1.82, 2.24) is 30.3 Å². The molecule has 4 fully saturated rings. The quantitative estimate of drug-likeness (QED) is 0.175. The number of carbonyl (C=O) groups is 4. The Bertz CT molecular complexity index is 2200. The highest BCUT2D eigenvalue weighted by atomic mass is 35.5. The number of fused-ring (bicyclic) bond motifs is 1. The molecule has 1 aromatic carbocycles. The number of nitrogens with one attached hydrogen (secondary N) is 2. The van der Waals surface area contributed by atoms with Crippen molar-refractivity contribution in [2.75, 3.05) is 46.5 Å². The minimum Gasteiger partial charge on any atom is -0.489 e. The van der Waals surface area contributed by atoms with E-state index in [1.807, 2.05) is 21.9 Å². The molecule has 2 N–H and O–H groups in total. The van der Waals surface area contributed by atoms with Gasteiger partial charge in [-0.05, 0) is 75.4 Å². The van der Waals surface area contributed by atoms with Crippen molar-refractivity contribution in [2.24, 2.45) is 22.7 Å². The van der Waals surface area contributed by atoms with E-state index < -0.39 is 36.2 Å². The van der Waals surface area contributed by atoms with Gasteiger partial charge in [0, 0.05) is 67.6 Å². The van der Waals surface area contributed by atoms with Gasteiger partial charge in [0.05, 0.1) is 33.9 Å². The number of halogens is 2. The Balaban J connectivity index is 0.904. The predicted octanol–water partition coefficient (Wildman–Crippen LogP) is 4.66. The Morgan fingerprint density at radius 3 is 2.46 bits per heavy atom. The third-order valence-electron chi connectivity index (χ3n) is 13.8. The minimum atomic E-state index is -1.14. The van der Waals surface area contributed by atoms with Crippen LogP contribution in [0.3, 0.4) is 0 Å². The van der Waals surface area contributed by atoms with Crippen molar-refractivity contribution in [1.29, 1.82) is 5.26 Å². The molecule has 4 aliphatic heterocycles. The molecule has 13 nitrogen and oxygen atoms in total. The molecular weight excluding hydrogens is 801 g/mol. The molecule has 2 unspecified atom stereocenters. The number of hydrogen-bond donors (Lipinski definition) is 2. The molecule has 61 heavy (non-hydrogen) atoms. The summed E-state index contributed by atoms with van der Waals surface area (Å²) in [6.07, 6.45) is 0.978. The van der Waals surface area contributed by atoms with Crippen LogP contribution in [0.5, 0.6) is 5.75 Å². The summed E-state index contributed by atoms with van der Waals surface area (Å²) in [5, 5.41) is 14.5. The number of alkyl halides is 1. The van der Waals surface area contributed by atoms with Gasteiger partial charge in [-0.15, -0.1) is 0 Å². The van der Waals surface area contributed by atoms with Crippen molar-refractivity contribution < 1.29 is 33.0 Å². The van der Waals surface area contributed by atoms with Crippen molar-refractivity contribution in [3.05, 3.63) is 70.0 Å². The van der Waals surface area contributed by atoms with Crippen LogP contribution in [0.1, 0.15) is 87.6 Å². The Morgan fingerprint density at radius 1 is 1.13 bits per heavy atom. The largest absolute Gasteiger partial charge is 0.489 e. The average Bonchev–Trinajstić information content (AvgIpc) is 3.52. The molecule has 1 aromatic heterocycles. The van der Waals surface area contributed by atoms with Gasteiger partial charge in [-0.2, -0.15) is 5.26 Å². The molecule has 4 amide bonds. The molecule has 5 heterocycles. The Hall–Kier alpha value is -4.86. The molecule has 1 saturated carbocycles.